The number of ether oxygens (including phenoxy) is 2. The second kappa shape index (κ2) is 41.5. The monoisotopic (exact) mass is 1300 g/mol. The van der Waals surface area contributed by atoms with E-state index in [0.717, 1.165) is 5.56 Å². The number of aromatic hydroxyl groups is 1. The van der Waals surface area contributed by atoms with Crippen LogP contribution in [0.5, 0.6) is 5.75 Å². The number of aliphatic carboxylic acids is 1. The summed E-state index contributed by atoms with van der Waals surface area (Å²) in [5.41, 5.74) is 29.7. The van der Waals surface area contributed by atoms with Crippen molar-refractivity contribution in [1.82, 2.24) is 36.8 Å². The second-order valence-electron chi connectivity index (χ2n) is 23.5. The summed E-state index contributed by atoms with van der Waals surface area (Å²) < 4.78 is 10.5. The first-order chi connectivity index (χ1) is 44.4. The van der Waals surface area contributed by atoms with Crippen molar-refractivity contribution in [2.75, 3.05) is 59.7 Å². The Labute approximate surface area is 543 Å². The molecule has 1 aliphatic heterocycles. The summed E-state index contributed by atoms with van der Waals surface area (Å²) in [5.74, 6) is -10.4. The van der Waals surface area contributed by atoms with Gasteiger partial charge >= 0.3 is 5.97 Å². The van der Waals surface area contributed by atoms with Gasteiger partial charge in [0.2, 0.25) is 41.4 Å². The molecule has 1 aliphatic rings. The predicted octanol–water partition coefficient (Wildman–Crippen LogP) is 0.132. The largest absolute Gasteiger partial charge is 0.508 e. The van der Waals surface area contributed by atoms with Crippen LogP contribution in [0.4, 0.5) is 0 Å². The normalized spacial score (nSPS) is 15.0. The van der Waals surface area contributed by atoms with Gasteiger partial charge in [-0.1, -0.05) is 86.6 Å². The summed E-state index contributed by atoms with van der Waals surface area (Å²) in [7, 11) is 1.59. The SMILES string of the molecule is COCCOCCCNCCC(=O)N[C@@H](Cc1ccc(O)cc1)C(=O)C[C@@H](Cc1ccccc1)C(=O)N[C@@H](CC(C)C)C(=O)C[C@@H](Cc1ccccc1)C(=O)N[C@@H](CCCN=C(N)N)C(=O)N1CCC[C@H]1C(=O)N[C@@H](CCCN=C(N)N)C(=O)N[C@@H](CC(=O)O)C(N)=O. The Bertz CT molecular complexity index is 2950. The first-order valence-electron chi connectivity index (χ1n) is 31.6. The van der Waals surface area contributed by atoms with E-state index in [1.54, 1.807) is 61.7 Å². The highest BCUT2D eigenvalue weighted by molar-refractivity contribution is 5.98. The molecule has 3 aromatic carbocycles. The molecule has 0 aromatic heterocycles. The molecule has 4 rings (SSSR count). The molecule has 0 bridgehead atoms. The summed E-state index contributed by atoms with van der Waals surface area (Å²) in [6, 6.07) is 16.4. The van der Waals surface area contributed by atoms with Crippen LogP contribution in [-0.4, -0.2) is 182 Å². The number of phenols is 1. The second-order valence-corrected chi connectivity index (χ2v) is 23.5. The van der Waals surface area contributed by atoms with Gasteiger partial charge in [0.1, 0.15) is 29.9 Å². The summed E-state index contributed by atoms with van der Waals surface area (Å²) in [5, 5.41) is 36.3. The molecule has 3 aromatic rings. The number of likely N-dealkylation sites (tertiary alicyclic amines) is 1. The van der Waals surface area contributed by atoms with E-state index in [-0.39, 0.29) is 114 Å². The molecular weight excluding hydrogens is 1200 g/mol. The standard InChI is InChI=1S/C65H96N14O14/c1-41(2)34-50(77-60(88)46(36-43-16-8-5-9-17-43)39-55(82)51(37-44-21-23-47(80)24-22-44)74-56(83)25-29-71-26-13-31-93-33-32-92-3)54(81)38-45(35-42-14-6-4-7-15-42)59(87)76-49(19-11-28-73-65(69)70)63(91)79-30-12-20-53(79)62(90)75-48(18-10-27-72-64(67)68)61(89)78-52(58(66)86)40-57(84)85/h4-9,14-17,21-24,41,45-46,48-53,71,80H,10-13,18-20,25-40H2,1-3H3,(H2,66,86)(H,74,83)(H,75,90)(H,76,87)(H,77,88)(H,78,89)(H,84,85)(H4,67,68,72)(H4,69,70,73)/t45-,46-,48+,49+,50+,51+,52+,53+/m1/s1. The molecule has 7 amide bonds. The summed E-state index contributed by atoms with van der Waals surface area (Å²) >= 11 is 0. The number of carboxylic acids is 1. The molecule has 1 heterocycles. The highest BCUT2D eigenvalue weighted by atomic mass is 16.5. The number of carbonyl (C=O) groups is 10. The maximum absolute atomic E-state index is 15.0. The molecule has 28 nitrogen and oxygen atoms in total. The number of guanidine groups is 2. The Kier molecular flexibility index (Phi) is 34.1. The van der Waals surface area contributed by atoms with Crippen LogP contribution in [0.15, 0.2) is 94.9 Å². The summed E-state index contributed by atoms with van der Waals surface area (Å²) in [6.07, 6.45) is 0.0872. The van der Waals surface area contributed by atoms with Crippen LogP contribution in [0.3, 0.4) is 0 Å². The van der Waals surface area contributed by atoms with Crippen LogP contribution in [0, 0.1) is 17.8 Å². The number of nitrogens with zero attached hydrogens (tertiary/aromatic N) is 3. The molecule has 93 heavy (non-hydrogen) atoms. The number of hydrogen-bond donors (Lipinski definition) is 13. The van der Waals surface area contributed by atoms with Gasteiger partial charge in [-0.05, 0) is 112 Å². The fourth-order valence-corrected chi connectivity index (χ4v) is 10.6. The van der Waals surface area contributed by atoms with Crippen molar-refractivity contribution in [3.05, 3.63) is 102 Å². The number of carboxylic acid groups (broad SMARTS) is 1. The average Bonchev–Trinajstić information content (AvgIpc) is 1.81. The molecule has 1 fully saturated rings. The van der Waals surface area contributed by atoms with Crippen LogP contribution in [-0.2, 0) is 76.7 Å². The number of primary amides is 1. The fraction of sp³-hybridized carbons (Fsp3) is 0.538. The van der Waals surface area contributed by atoms with Crippen molar-refractivity contribution >= 4 is 70.8 Å². The number of benzene rings is 3. The number of ketones is 2. The van der Waals surface area contributed by atoms with Gasteiger partial charge in [0.15, 0.2) is 23.5 Å². The number of carbonyl (C=O) groups excluding carboxylic acids is 9. The number of hydrogen-bond acceptors (Lipinski definition) is 16. The molecule has 28 heteroatoms. The summed E-state index contributed by atoms with van der Waals surface area (Å²) in [4.78, 5) is 149. The first-order valence-corrected chi connectivity index (χ1v) is 31.6. The molecule has 0 radical (unpaired) electrons. The Hall–Kier alpha value is -9.02. The van der Waals surface area contributed by atoms with Crippen LogP contribution >= 0.6 is 0 Å². The van der Waals surface area contributed by atoms with E-state index < -0.39 is 120 Å². The van der Waals surface area contributed by atoms with Gasteiger partial charge in [-0.25, -0.2) is 0 Å². The Morgan fingerprint density at radius 3 is 1.67 bits per heavy atom. The molecule has 0 spiro atoms. The molecule has 18 N–H and O–H groups in total. The first kappa shape index (κ1) is 76.4. The van der Waals surface area contributed by atoms with Gasteiger partial charge in [-0.3, -0.25) is 57.9 Å². The fourth-order valence-electron chi connectivity index (χ4n) is 10.6. The van der Waals surface area contributed by atoms with Gasteiger partial charge < -0.3 is 85.2 Å². The number of nitrogens with two attached hydrogens (primary N) is 5. The van der Waals surface area contributed by atoms with Crippen molar-refractivity contribution in [3.8, 4) is 5.75 Å². The smallest absolute Gasteiger partial charge is 0.305 e. The maximum atomic E-state index is 15.0. The number of Topliss-reactive ketones (excluding diaryl/α,β-unsaturated/α-hetero) is 2. The van der Waals surface area contributed by atoms with Crippen molar-refractivity contribution in [1.29, 1.82) is 0 Å². The van der Waals surface area contributed by atoms with E-state index in [1.807, 2.05) is 32.0 Å². The van der Waals surface area contributed by atoms with E-state index in [0.29, 0.717) is 56.9 Å². The van der Waals surface area contributed by atoms with Crippen LogP contribution in [0.1, 0.15) is 108 Å². The number of aliphatic imine (C=N–C) groups is 2. The van der Waals surface area contributed by atoms with Crippen LogP contribution in [0.25, 0.3) is 0 Å². The minimum atomic E-state index is -1.63. The summed E-state index contributed by atoms with van der Waals surface area (Å²) in [6.45, 7) is 6.25. The third-order valence-electron chi connectivity index (χ3n) is 15.4. The topological polar surface area (TPSA) is 460 Å². The highest BCUT2D eigenvalue weighted by Crippen LogP contribution is 2.24. The quantitative estimate of drug-likeness (QED) is 0.0203. The Balaban J connectivity index is 1.63. The lowest BCUT2D eigenvalue weighted by atomic mass is 9.87. The maximum Gasteiger partial charge on any atom is 0.305 e. The molecule has 0 aliphatic carbocycles. The Morgan fingerprint density at radius 1 is 0.591 bits per heavy atom. The average molecular weight is 1300 g/mol. The lowest BCUT2D eigenvalue weighted by Gasteiger charge is -2.31. The van der Waals surface area contributed by atoms with E-state index in [9.17, 15) is 58.2 Å². The third kappa shape index (κ3) is 29.4. The number of phenolic OH excluding ortho intramolecular Hbond substituents is 1. The van der Waals surface area contributed by atoms with Crippen molar-refractivity contribution in [2.45, 2.75) is 146 Å². The zero-order valence-electron chi connectivity index (χ0n) is 53.6. The molecule has 510 valence electrons. The van der Waals surface area contributed by atoms with E-state index in [4.69, 9.17) is 38.1 Å². The zero-order chi connectivity index (χ0) is 68.2. The Morgan fingerprint density at radius 2 is 1.13 bits per heavy atom. The van der Waals surface area contributed by atoms with Crippen molar-refractivity contribution in [2.24, 2.45) is 56.4 Å². The third-order valence-corrected chi connectivity index (χ3v) is 15.4. The lowest BCUT2D eigenvalue weighted by molar-refractivity contribution is -0.143. The minimum absolute atomic E-state index is 0.0111. The van der Waals surface area contributed by atoms with Crippen molar-refractivity contribution in [3.63, 3.8) is 0 Å². The van der Waals surface area contributed by atoms with Gasteiger partial charge in [-0.2, -0.15) is 0 Å². The van der Waals surface area contributed by atoms with Gasteiger partial charge in [0.05, 0.1) is 31.7 Å². The van der Waals surface area contributed by atoms with Gasteiger partial charge in [0, 0.05) is 71.0 Å². The molecular formula is C65H96N14O14. The number of methoxy groups -OCH3 is 1. The number of nitrogens with one attached hydrogen (secondary N) is 6. The molecule has 0 unspecified atom stereocenters. The van der Waals surface area contributed by atoms with Crippen molar-refractivity contribution < 1.29 is 67.6 Å². The predicted molar refractivity (Wildman–Crippen MR) is 348 cm³/mol. The zero-order valence-corrected chi connectivity index (χ0v) is 53.6. The van der Waals surface area contributed by atoms with E-state index >= 15 is 0 Å². The van der Waals surface area contributed by atoms with E-state index in [2.05, 4.69) is 41.9 Å². The molecule has 8 atom stereocenters. The number of rotatable bonds is 45. The number of amides is 7. The highest BCUT2D eigenvalue weighted by Gasteiger charge is 2.41. The lowest BCUT2D eigenvalue weighted by Crippen LogP contribution is -2.58. The van der Waals surface area contributed by atoms with Crippen LogP contribution in [0.2, 0.25) is 0 Å². The minimum Gasteiger partial charge on any atom is -0.508 e. The molecule has 0 saturated carbocycles. The van der Waals surface area contributed by atoms with Gasteiger partial charge in [0.25, 0.3) is 0 Å². The van der Waals surface area contributed by atoms with Gasteiger partial charge in [-0.15, -0.1) is 0 Å². The van der Waals surface area contributed by atoms with Crippen LogP contribution < -0.4 is 60.6 Å². The van der Waals surface area contributed by atoms with E-state index in [1.165, 1.54) is 17.0 Å². The molecule has 1 saturated heterocycles.